The number of halogens is 2. The predicted octanol–water partition coefficient (Wildman–Crippen LogP) is 2.29. The third kappa shape index (κ3) is 2.36. The molecule has 1 unspecified atom stereocenters. The maximum atomic E-state index is 6.24. The van der Waals surface area contributed by atoms with Gasteiger partial charge in [0.25, 0.3) is 0 Å². The highest BCUT2D eigenvalue weighted by Gasteiger charge is 2.21. The Morgan fingerprint density at radius 3 is 2.78 bits per heavy atom. The number of methoxy groups -OCH3 is 1. The first kappa shape index (κ1) is 13.3. The largest absolute Gasteiger partial charge is 0.496 e. The highest BCUT2D eigenvalue weighted by Crippen LogP contribution is 2.32. The number of benzene rings is 1. The Balaban J connectivity index is 2.51. The lowest BCUT2D eigenvalue weighted by Crippen LogP contribution is -2.17. The molecule has 0 aliphatic rings. The second-order valence-corrected chi connectivity index (χ2v) is 4.94. The summed E-state index contributed by atoms with van der Waals surface area (Å²) >= 11 is 9.33. The van der Waals surface area contributed by atoms with Gasteiger partial charge in [0.05, 0.1) is 18.8 Å². The van der Waals surface area contributed by atoms with Crippen molar-refractivity contribution in [2.75, 3.05) is 7.11 Å². The zero-order chi connectivity index (χ0) is 13.3. The molecule has 18 heavy (non-hydrogen) atoms. The number of aryl methyl sites for hydroxylation is 1. The normalized spacial score (nSPS) is 12.5. The van der Waals surface area contributed by atoms with E-state index in [9.17, 15) is 0 Å². The van der Waals surface area contributed by atoms with Crippen molar-refractivity contribution in [1.29, 1.82) is 0 Å². The zero-order valence-corrected chi connectivity index (χ0v) is 12.2. The van der Waals surface area contributed by atoms with Gasteiger partial charge in [-0.25, -0.2) is 4.68 Å². The lowest BCUT2D eigenvalue weighted by atomic mass is 10.0. The summed E-state index contributed by atoms with van der Waals surface area (Å²) in [5.41, 5.74) is 7.79. The first-order chi connectivity index (χ1) is 8.54. The van der Waals surface area contributed by atoms with Crippen molar-refractivity contribution >= 4 is 27.5 Å². The maximum Gasteiger partial charge on any atom is 0.153 e. The highest BCUT2D eigenvalue weighted by molar-refractivity contribution is 9.10. The summed E-state index contributed by atoms with van der Waals surface area (Å²) in [6, 6.07) is 4.90. The minimum atomic E-state index is -0.423. The van der Waals surface area contributed by atoms with E-state index in [1.165, 1.54) is 0 Å². The summed E-state index contributed by atoms with van der Waals surface area (Å²) in [6.45, 7) is 0. The summed E-state index contributed by atoms with van der Waals surface area (Å²) in [7, 11) is 3.37. The van der Waals surface area contributed by atoms with E-state index in [1.54, 1.807) is 37.0 Å². The lowest BCUT2D eigenvalue weighted by Gasteiger charge is -2.16. The van der Waals surface area contributed by atoms with Gasteiger partial charge in [0.15, 0.2) is 4.60 Å². The number of hydrogen-bond acceptors (Lipinski definition) is 4. The molecule has 0 aliphatic heterocycles. The molecule has 1 aromatic carbocycles. The lowest BCUT2D eigenvalue weighted by molar-refractivity contribution is 0.407. The van der Waals surface area contributed by atoms with Gasteiger partial charge in [-0.05, 0) is 34.1 Å². The molecule has 0 amide bonds. The number of hydrogen-bond donors (Lipinski definition) is 1. The third-order valence-corrected chi connectivity index (χ3v) is 3.45. The van der Waals surface area contributed by atoms with Gasteiger partial charge in [-0.3, -0.25) is 0 Å². The fourth-order valence-corrected chi connectivity index (χ4v) is 2.52. The molecule has 0 saturated heterocycles. The van der Waals surface area contributed by atoms with Crippen LogP contribution >= 0.6 is 27.5 Å². The zero-order valence-electron chi connectivity index (χ0n) is 9.89. The molecule has 0 spiro atoms. The quantitative estimate of drug-likeness (QED) is 0.937. The maximum absolute atomic E-state index is 6.24. The summed E-state index contributed by atoms with van der Waals surface area (Å²) in [6.07, 6.45) is 0. The van der Waals surface area contributed by atoms with E-state index in [0.29, 0.717) is 15.4 Å². The van der Waals surface area contributed by atoms with Gasteiger partial charge in [0.2, 0.25) is 0 Å². The molecule has 96 valence electrons. The van der Waals surface area contributed by atoms with Gasteiger partial charge in [-0.2, -0.15) is 0 Å². The Bertz CT molecular complexity index is 553. The molecule has 1 heterocycles. The Morgan fingerprint density at radius 2 is 2.22 bits per heavy atom. The van der Waals surface area contributed by atoms with Crippen molar-refractivity contribution in [3.8, 4) is 5.75 Å². The molecular formula is C11H12BrClN4O. The number of aromatic nitrogens is 3. The van der Waals surface area contributed by atoms with E-state index in [0.717, 1.165) is 11.3 Å². The minimum absolute atomic E-state index is 0.423. The topological polar surface area (TPSA) is 66.0 Å². The molecule has 2 aromatic rings. The van der Waals surface area contributed by atoms with Crippen molar-refractivity contribution in [3.05, 3.63) is 39.1 Å². The molecule has 0 saturated carbocycles. The van der Waals surface area contributed by atoms with Gasteiger partial charge in [-0.1, -0.05) is 16.8 Å². The molecule has 5 nitrogen and oxygen atoms in total. The van der Waals surface area contributed by atoms with Crippen LogP contribution in [0.3, 0.4) is 0 Å². The summed E-state index contributed by atoms with van der Waals surface area (Å²) in [5.74, 6) is 0.681. The van der Waals surface area contributed by atoms with Crippen molar-refractivity contribution in [2.24, 2.45) is 12.8 Å². The van der Waals surface area contributed by atoms with Crippen molar-refractivity contribution < 1.29 is 4.74 Å². The Kier molecular flexibility index (Phi) is 3.89. The van der Waals surface area contributed by atoms with Gasteiger partial charge in [-0.15, -0.1) is 5.10 Å². The number of rotatable bonds is 3. The van der Waals surface area contributed by atoms with Crippen LogP contribution in [0.1, 0.15) is 17.3 Å². The number of ether oxygens (including phenoxy) is 1. The molecule has 0 aliphatic carbocycles. The highest BCUT2D eigenvalue weighted by atomic mass is 79.9. The summed E-state index contributed by atoms with van der Waals surface area (Å²) in [4.78, 5) is 0. The van der Waals surface area contributed by atoms with Crippen LogP contribution in [0.4, 0.5) is 0 Å². The van der Waals surface area contributed by atoms with Crippen molar-refractivity contribution in [2.45, 2.75) is 6.04 Å². The second kappa shape index (κ2) is 5.26. The molecule has 2 N–H and O–H groups in total. The molecule has 1 atom stereocenters. The average Bonchev–Trinajstić information content (AvgIpc) is 2.68. The van der Waals surface area contributed by atoms with Crippen LogP contribution in [0, 0.1) is 0 Å². The Hall–Kier alpha value is -1.11. The number of nitrogens with zero attached hydrogens (tertiary/aromatic N) is 3. The second-order valence-electron chi connectivity index (χ2n) is 3.75. The molecule has 0 radical (unpaired) electrons. The molecule has 0 bridgehead atoms. The van der Waals surface area contributed by atoms with E-state index in [2.05, 4.69) is 26.2 Å². The van der Waals surface area contributed by atoms with Crippen LogP contribution in [0.15, 0.2) is 22.8 Å². The van der Waals surface area contributed by atoms with E-state index < -0.39 is 6.04 Å². The van der Waals surface area contributed by atoms with Crippen LogP contribution in [0.25, 0.3) is 0 Å². The van der Waals surface area contributed by atoms with E-state index >= 15 is 0 Å². The van der Waals surface area contributed by atoms with Gasteiger partial charge >= 0.3 is 0 Å². The fourth-order valence-electron chi connectivity index (χ4n) is 1.76. The third-order valence-electron chi connectivity index (χ3n) is 2.65. The van der Waals surface area contributed by atoms with Crippen LogP contribution < -0.4 is 10.5 Å². The standard InChI is InChI=1S/C11H12BrClN4O/c1-17-10(11(12)15-16-17)9(14)7-5-6(13)3-4-8(7)18-2/h3-5,9H,14H2,1-2H3. The average molecular weight is 332 g/mol. The van der Waals surface area contributed by atoms with Crippen LogP contribution in [-0.2, 0) is 7.05 Å². The van der Waals surface area contributed by atoms with Gasteiger partial charge in [0.1, 0.15) is 5.75 Å². The monoisotopic (exact) mass is 330 g/mol. The predicted molar refractivity (Wildman–Crippen MR) is 72.7 cm³/mol. The molecular weight excluding hydrogens is 320 g/mol. The van der Waals surface area contributed by atoms with E-state index in [-0.39, 0.29) is 0 Å². The van der Waals surface area contributed by atoms with Crippen molar-refractivity contribution in [3.63, 3.8) is 0 Å². The van der Waals surface area contributed by atoms with Gasteiger partial charge < -0.3 is 10.5 Å². The molecule has 1 aromatic heterocycles. The Labute approximate surface area is 118 Å². The first-order valence-electron chi connectivity index (χ1n) is 5.18. The Morgan fingerprint density at radius 1 is 1.50 bits per heavy atom. The van der Waals surface area contributed by atoms with Crippen molar-refractivity contribution in [1.82, 2.24) is 15.0 Å². The summed E-state index contributed by atoms with van der Waals surface area (Å²) in [5, 5.41) is 8.43. The fraction of sp³-hybridized carbons (Fsp3) is 0.273. The molecule has 2 rings (SSSR count). The SMILES string of the molecule is COc1ccc(Cl)cc1C(N)c1c(Br)nnn1C. The van der Waals surface area contributed by atoms with Crippen LogP contribution in [0.2, 0.25) is 5.02 Å². The first-order valence-corrected chi connectivity index (χ1v) is 6.35. The summed E-state index contributed by atoms with van der Waals surface area (Å²) < 4.78 is 7.53. The van der Waals surface area contributed by atoms with Gasteiger partial charge in [0, 0.05) is 17.6 Å². The molecule has 7 heteroatoms. The van der Waals surface area contributed by atoms with Crippen LogP contribution in [-0.4, -0.2) is 22.1 Å². The number of nitrogens with two attached hydrogens (primary N) is 1. The van der Waals surface area contributed by atoms with E-state index in [4.69, 9.17) is 22.1 Å². The smallest absolute Gasteiger partial charge is 0.153 e. The van der Waals surface area contributed by atoms with Crippen LogP contribution in [0.5, 0.6) is 5.75 Å². The van der Waals surface area contributed by atoms with E-state index in [1.807, 2.05) is 0 Å². The molecule has 0 fully saturated rings. The minimum Gasteiger partial charge on any atom is -0.496 e.